The van der Waals surface area contributed by atoms with Gasteiger partial charge in [-0.2, -0.15) is 0 Å². The normalized spacial score (nSPS) is 11.7. The lowest BCUT2D eigenvalue weighted by molar-refractivity contribution is -0.120. The summed E-state index contributed by atoms with van der Waals surface area (Å²) in [6.07, 6.45) is 1.86. The third-order valence-corrected chi connectivity index (χ3v) is 4.49. The molecule has 0 spiro atoms. The number of methoxy groups -OCH3 is 1. The molecule has 1 rings (SSSR count). The monoisotopic (exact) mass is 346 g/mol. The molecule has 0 aliphatic carbocycles. The van der Waals surface area contributed by atoms with Crippen LogP contribution in [0.25, 0.3) is 0 Å². The lowest BCUT2D eigenvalue weighted by Crippen LogP contribution is -2.39. The zero-order chi connectivity index (χ0) is 17.3. The van der Waals surface area contributed by atoms with Crippen molar-refractivity contribution < 1.29 is 22.3 Å². The van der Waals surface area contributed by atoms with E-state index < -0.39 is 10.0 Å². The highest BCUT2D eigenvalue weighted by Gasteiger charge is 2.16. The Labute approximate surface area is 136 Å². The second-order valence-electron chi connectivity index (χ2n) is 5.16. The van der Waals surface area contributed by atoms with E-state index in [0.29, 0.717) is 25.1 Å². The van der Waals surface area contributed by atoms with Crippen LogP contribution in [0, 0.1) is 5.82 Å². The highest BCUT2D eigenvalue weighted by Crippen LogP contribution is 2.03. The second-order valence-corrected chi connectivity index (χ2v) is 7.14. The van der Waals surface area contributed by atoms with Crippen molar-refractivity contribution in [2.75, 3.05) is 39.6 Å². The standard InChI is InChI=1S/C15H23FN2O4S/c1-22-11-3-9-18(23(2,20)21)10-8-17-15(19)12-13-4-6-14(16)7-5-13/h4-7H,3,8-12H2,1-2H3,(H,17,19). The van der Waals surface area contributed by atoms with E-state index >= 15 is 0 Å². The second kappa shape index (κ2) is 9.59. The van der Waals surface area contributed by atoms with E-state index in [4.69, 9.17) is 4.74 Å². The van der Waals surface area contributed by atoms with E-state index in [1.165, 1.54) is 16.4 Å². The summed E-state index contributed by atoms with van der Waals surface area (Å²) in [7, 11) is -1.77. The predicted molar refractivity (Wildman–Crippen MR) is 86.0 cm³/mol. The first-order chi connectivity index (χ1) is 10.8. The van der Waals surface area contributed by atoms with E-state index in [9.17, 15) is 17.6 Å². The molecular formula is C15H23FN2O4S. The summed E-state index contributed by atoms with van der Waals surface area (Å²) in [5.41, 5.74) is 0.698. The maximum atomic E-state index is 12.8. The summed E-state index contributed by atoms with van der Waals surface area (Å²) >= 11 is 0. The van der Waals surface area contributed by atoms with Crippen LogP contribution in [0.2, 0.25) is 0 Å². The number of halogens is 1. The molecule has 0 atom stereocenters. The van der Waals surface area contributed by atoms with Gasteiger partial charge in [0.2, 0.25) is 15.9 Å². The molecule has 0 bridgehead atoms. The smallest absolute Gasteiger partial charge is 0.224 e. The quantitative estimate of drug-likeness (QED) is 0.636. The molecule has 0 saturated carbocycles. The minimum absolute atomic E-state index is 0.128. The maximum Gasteiger partial charge on any atom is 0.224 e. The number of nitrogens with one attached hydrogen (secondary N) is 1. The molecule has 1 aromatic carbocycles. The van der Waals surface area contributed by atoms with Crippen molar-refractivity contribution in [1.29, 1.82) is 0 Å². The van der Waals surface area contributed by atoms with E-state index in [0.717, 1.165) is 6.26 Å². The summed E-state index contributed by atoms with van der Waals surface area (Å²) in [6, 6.07) is 5.68. The molecule has 8 heteroatoms. The van der Waals surface area contributed by atoms with Crippen LogP contribution in [0.15, 0.2) is 24.3 Å². The molecule has 0 aliphatic heterocycles. The lowest BCUT2D eigenvalue weighted by Gasteiger charge is -2.19. The Bertz CT molecular complexity index is 590. The van der Waals surface area contributed by atoms with Gasteiger partial charge < -0.3 is 10.1 Å². The van der Waals surface area contributed by atoms with Crippen LogP contribution in [-0.4, -0.2) is 58.2 Å². The van der Waals surface area contributed by atoms with Crippen LogP contribution in [-0.2, 0) is 26.0 Å². The van der Waals surface area contributed by atoms with Crippen molar-refractivity contribution >= 4 is 15.9 Å². The Kier molecular flexibility index (Phi) is 8.15. The average molecular weight is 346 g/mol. The molecule has 0 saturated heterocycles. The molecule has 6 nitrogen and oxygen atoms in total. The Morgan fingerprint density at radius 2 is 1.91 bits per heavy atom. The van der Waals surface area contributed by atoms with Crippen molar-refractivity contribution in [3.05, 3.63) is 35.6 Å². The van der Waals surface area contributed by atoms with E-state index in [-0.39, 0.29) is 31.2 Å². The number of nitrogens with zero attached hydrogens (tertiary/aromatic N) is 1. The number of carbonyl (C=O) groups is 1. The first kappa shape index (κ1) is 19.5. The van der Waals surface area contributed by atoms with E-state index in [1.54, 1.807) is 19.2 Å². The van der Waals surface area contributed by atoms with Crippen molar-refractivity contribution in [3.63, 3.8) is 0 Å². The number of sulfonamides is 1. The fourth-order valence-corrected chi connectivity index (χ4v) is 2.88. The Hall–Kier alpha value is -1.51. The average Bonchev–Trinajstić information content (AvgIpc) is 2.47. The molecule has 0 fully saturated rings. The van der Waals surface area contributed by atoms with Gasteiger partial charge in [-0.15, -0.1) is 0 Å². The summed E-state index contributed by atoms with van der Waals surface area (Å²) in [5, 5.41) is 2.67. The van der Waals surface area contributed by atoms with Crippen LogP contribution < -0.4 is 5.32 Å². The van der Waals surface area contributed by atoms with Gasteiger partial charge in [0.25, 0.3) is 0 Å². The highest BCUT2D eigenvalue weighted by atomic mass is 32.2. The molecule has 1 amide bonds. The van der Waals surface area contributed by atoms with Gasteiger partial charge in [-0.05, 0) is 24.1 Å². The molecule has 0 aromatic heterocycles. The van der Waals surface area contributed by atoms with Crippen LogP contribution in [0.1, 0.15) is 12.0 Å². The predicted octanol–water partition coefficient (Wildman–Crippen LogP) is 0.782. The summed E-state index contributed by atoms with van der Waals surface area (Å²) < 4.78 is 42.3. The topological polar surface area (TPSA) is 75.7 Å². The van der Waals surface area contributed by atoms with Gasteiger partial charge in [-0.1, -0.05) is 12.1 Å². The molecule has 1 aromatic rings. The van der Waals surface area contributed by atoms with Crippen molar-refractivity contribution in [2.24, 2.45) is 0 Å². The number of amides is 1. The van der Waals surface area contributed by atoms with Crippen molar-refractivity contribution in [1.82, 2.24) is 9.62 Å². The minimum Gasteiger partial charge on any atom is -0.385 e. The molecular weight excluding hydrogens is 323 g/mol. The van der Waals surface area contributed by atoms with Crippen LogP contribution >= 0.6 is 0 Å². The van der Waals surface area contributed by atoms with Gasteiger partial charge in [0.1, 0.15) is 5.82 Å². The number of benzene rings is 1. The number of hydrogen-bond donors (Lipinski definition) is 1. The Morgan fingerprint density at radius 1 is 1.26 bits per heavy atom. The van der Waals surface area contributed by atoms with Gasteiger partial charge in [0, 0.05) is 33.4 Å². The number of rotatable bonds is 10. The van der Waals surface area contributed by atoms with Crippen molar-refractivity contribution in [3.8, 4) is 0 Å². The van der Waals surface area contributed by atoms with Gasteiger partial charge >= 0.3 is 0 Å². The van der Waals surface area contributed by atoms with Crippen molar-refractivity contribution in [2.45, 2.75) is 12.8 Å². The first-order valence-corrected chi connectivity index (χ1v) is 9.13. The minimum atomic E-state index is -3.32. The number of hydrogen-bond acceptors (Lipinski definition) is 4. The molecule has 0 radical (unpaired) electrons. The Balaban J connectivity index is 2.39. The molecule has 0 heterocycles. The largest absolute Gasteiger partial charge is 0.385 e. The van der Waals surface area contributed by atoms with Crippen LogP contribution in [0.4, 0.5) is 4.39 Å². The number of carbonyl (C=O) groups excluding carboxylic acids is 1. The highest BCUT2D eigenvalue weighted by molar-refractivity contribution is 7.88. The van der Waals surface area contributed by atoms with Gasteiger partial charge in [0.05, 0.1) is 12.7 Å². The van der Waals surface area contributed by atoms with Gasteiger partial charge in [0.15, 0.2) is 0 Å². The van der Waals surface area contributed by atoms with Crippen LogP contribution in [0.5, 0.6) is 0 Å². The molecule has 130 valence electrons. The zero-order valence-electron chi connectivity index (χ0n) is 13.4. The SMILES string of the molecule is COCCCN(CCNC(=O)Cc1ccc(F)cc1)S(C)(=O)=O. The van der Waals surface area contributed by atoms with E-state index in [2.05, 4.69) is 5.32 Å². The molecule has 1 N–H and O–H groups in total. The first-order valence-electron chi connectivity index (χ1n) is 7.28. The lowest BCUT2D eigenvalue weighted by atomic mass is 10.1. The summed E-state index contributed by atoms with van der Waals surface area (Å²) in [5.74, 6) is -0.587. The van der Waals surface area contributed by atoms with E-state index in [1.807, 2.05) is 0 Å². The third kappa shape index (κ3) is 8.06. The molecule has 23 heavy (non-hydrogen) atoms. The fourth-order valence-electron chi connectivity index (χ4n) is 2.00. The zero-order valence-corrected chi connectivity index (χ0v) is 14.2. The summed E-state index contributed by atoms with van der Waals surface area (Å²) in [4.78, 5) is 11.8. The molecule has 0 unspecified atom stereocenters. The summed E-state index contributed by atoms with van der Waals surface area (Å²) in [6.45, 7) is 1.25. The maximum absolute atomic E-state index is 12.8. The van der Waals surface area contributed by atoms with Gasteiger partial charge in [-0.3, -0.25) is 4.79 Å². The Morgan fingerprint density at radius 3 is 2.48 bits per heavy atom. The molecule has 0 aliphatic rings. The van der Waals surface area contributed by atoms with Gasteiger partial charge in [-0.25, -0.2) is 17.1 Å². The third-order valence-electron chi connectivity index (χ3n) is 3.19. The fraction of sp³-hybridized carbons (Fsp3) is 0.533. The number of ether oxygens (including phenoxy) is 1. The van der Waals surface area contributed by atoms with Crippen LogP contribution in [0.3, 0.4) is 0 Å².